The highest BCUT2D eigenvalue weighted by molar-refractivity contribution is 5.47. The largest absolute Gasteiger partial charge is 0.494 e. The average molecular weight is 225 g/mol. The molecule has 0 saturated carbocycles. The summed E-state index contributed by atoms with van der Waals surface area (Å²) in [4.78, 5) is 0. The summed E-state index contributed by atoms with van der Waals surface area (Å²) in [6.45, 7) is 5.28. The summed E-state index contributed by atoms with van der Waals surface area (Å²) >= 11 is 0. The fourth-order valence-electron chi connectivity index (χ4n) is 1.52. The van der Waals surface area contributed by atoms with E-state index in [4.69, 9.17) is 4.74 Å². The van der Waals surface area contributed by atoms with Crippen LogP contribution in [0.15, 0.2) is 18.2 Å². The van der Waals surface area contributed by atoms with Crippen molar-refractivity contribution in [2.75, 3.05) is 19.0 Å². The lowest BCUT2D eigenvalue weighted by Crippen LogP contribution is -2.03. The molecule has 0 atom stereocenters. The topological polar surface area (TPSA) is 21.3 Å². The highest BCUT2D eigenvalue weighted by Gasteiger charge is 2.02. The molecular weight excluding hydrogens is 205 g/mol. The molecule has 1 aromatic rings. The molecule has 0 aliphatic carbocycles. The second-order valence-electron chi connectivity index (χ2n) is 4.31. The van der Waals surface area contributed by atoms with Crippen LogP contribution in [0.3, 0.4) is 0 Å². The fourth-order valence-corrected chi connectivity index (χ4v) is 1.52. The van der Waals surface area contributed by atoms with E-state index in [0.29, 0.717) is 0 Å². The lowest BCUT2D eigenvalue weighted by Gasteiger charge is -2.09. The van der Waals surface area contributed by atoms with Crippen LogP contribution in [-0.4, -0.2) is 13.7 Å². The summed E-state index contributed by atoms with van der Waals surface area (Å²) in [7, 11) is 1.47. The van der Waals surface area contributed by atoms with Crippen LogP contribution in [0.5, 0.6) is 5.75 Å². The average Bonchev–Trinajstić information content (AvgIpc) is 2.24. The zero-order chi connectivity index (χ0) is 12.0. The Morgan fingerprint density at radius 1 is 1.38 bits per heavy atom. The predicted molar refractivity (Wildman–Crippen MR) is 65.5 cm³/mol. The van der Waals surface area contributed by atoms with E-state index < -0.39 is 0 Å². The van der Waals surface area contributed by atoms with Gasteiger partial charge in [-0.05, 0) is 30.9 Å². The van der Waals surface area contributed by atoms with Crippen molar-refractivity contribution in [2.45, 2.75) is 26.7 Å². The van der Waals surface area contributed by atoms with Gasteiger partial charge in [-0.2, -0.15) is 0 Å². The summed E-state index contributed by atoms with van der Waals surface area (Å²) in [5, 5.41) is 3.20. The van der Waals surface area contributed by atoms with Gasteiger partial charge in [0.15, 0.2) is 11.6 Å². The third-order valence-corrected chi connectivity index (χ3v) is 2.44. The Kier molecular flexibility index (Phi) is 5.09. The van der Waals surface area contributed by atoms with Crippen LogP contribution in [0.25, 0.3) is 0 Å². The number of ether oxygens (including phenoxy) is 1. The highest BCUT2D eigenvalue weighted by atomic mass is 19.1. The second-order valence-corrected chi connectivity index (χ2v) is 4.31. The van der Waals surface area contributed by atoms with Gasteiger partial charge < -0.3 is 10.1 Å². The smallest absolute Gasteiger partial charge is 0.167 e. The van der Waals surface area contributed by atoms with Crippen molar-refractivity contribution in [3.63, 3.8) is 0 Å². The Labute approximate surface area is 96.8 Å². The molecule has 1 rings (SSSR count). The van der Waals surface area contributed by atoms with Gasteiger partial charge in [0.2, 0.25) is 0 Å². The molecular formula is C13H20FNO. The van der Waals surface area contributed by atoms with Crippen LogP contribution in [0.2, 0.25) is 0 Å². The summed E-state index contributed by atoms with van der Waals surface area (Å²) in [6, 6.07) is 4.94. The van der Waals surface area contributed by atoms with Gasteiger partial charge in [-0.25, -0.2) is 4.39 Å². The van der Waals surface area contributed by atoms with Crippen molar-refractivity contribution >= 4 is 5.69 Å². The standard InChI is InChI=1S/C13H20FNO/c1-10(2)5-4-8-15-11-6-7-13(16-3)12(14)9-11/h6-7,9-10,15H,4-5,8H2,1-3H3. The molecule has 0 amide bonds. The first-order valence-corrected chi connectivity index (χ1v) is 5.71. The third kappa shape index (κ3) is 4.09. The minimum absolute atomic E-state index is 0.285. The van der Waals surface area contributed by atoms with E-state index in [0.717, 1.165) is 24.6 Å². The Hall–Kier alpha value is -1.25. The Morgan fingerprint density at radius 2 is 2.12 bits per heavy atom. The molecule has 1 N–H and O–H groups in total. The molecule has 0 saturated heterocycles. The maximum Gasteiger partial charge on any atom is 0.167 e. The molecule has 0 radical (unpaired) electrons. The van der Waals surface area contributed by atoms with Crippen molar-refractivity contribution in [3.05, 3.63) is 24.0 Å². The van der Waals surface area contributed by atoms with Gasteiger partial charge in [0.1, 0.15) is 0 Å². The zero-order valence-electron chi connectivity index (χ0n) is 10.2. The SMILES string of the molecule is COc1ccc(NCCCC(C)C)cc1F. The van der Waals surface area contributed by atoms with Crippen LogP contribution in [-0.2, 0) is 0 Å². The van der Waals surface area contributed by atoms with E-state index in [-0.39, 0.29) is 11.6 Å². The van der Waals surface area contributed by atoms with E-state index in [1.807, 2.05) is 6.07 Å². The summed E-state index contributed by atoms with van der Waals surface area (Å²) in [5.41, 5.74) is 0.807. The molecule has 0 unspecified atom stereocenters. The summed E-state index contributed by atoms with van der Waals surface area (Å²) in [6.07, 6.45) is 2.29. The van der Waals surface area contributed by atoms with Crippen molar-refractivity contribution in [3.8, 4) is 5.75 Å². The minimum Gasteiger partial charge on any atom is -0.494 e. The molecule has 16 heavy (non-hydrogen) atoms. The maximum atomic E-state index is 13.3. The molecule has 0 aliphatic heterocycles. The summed E-state index contributed by atoms with van der Waals surface area (Å²) < 4.78 is 18.2. The van der Waals surface area contributed by atoms with Crippen molar-refractivity contribution in [1.29, 1.82) is 0 Å². The van der Waals surface area contributed by atoms with Gasteiger partial charge in [0, 0.05) is 18.3 Å². The first kappa shape index (κ1) is 12.8. The van der Waals surface area contributed by atoms with Crippen LogP contribution >= 0.6 is 0 Å². The molecule has 90 valence electrons. The van der Waals surface area contributed by atoms with E-state index in [1.165, 1.54) is 19.6 Å². The van der Waals surface area contributed by atoms with E-state index in [9.17, 15) is 4.39 Å². The number of halogens is 1. The molecule has 1 aromatic carbocycles. The van der Waals surface area contributed by atoms with Gasteiger partial charge in [0.05, 0.1) is 7.11 Å². The predicted octanol–water partition coefficient (Wildman–Crippen LogP) is 3.68. The van der Waals surface area contributed by atoms with Crippen LogP contribution in [0.4, 0.5) is 10.1 Å². The number of benzene rings is 1. The normalized spacial score (nSPS) is 10.6. The first-order valence-electron chi connectivity index (χ1n) is 5.71. The first-order chi connectivity index (χ1) is 7.63. The van der Waals surface area contributed by atoms with E-state index >= 15 is 0 Å². The quantitative estimate of drug-likeness (QED) is 0.746. The Morgan fingerprint density at radius 3 is 2.69 bits per heavy atom. The van der Waals surface area contributed by atoms with Crippen LogP contribution in [0, 0.1) is 11.7 Å². The van der Waals surface area contributed by atoms with Gasteiger partial charge >= 0.3 is 0 Å². The molecule has 3 heteroatoms. The van der Waals surface area contributed by atoms with Gasteiger partial charge in [-0.15, -0.1) is 0 Å². The molecule has 0 fully saturated rings. The van der Waals surface area contributed by atoms with Crippen molar-refractivity contribution in [1.82, 2.24) is 0 Å². The molecule has 0 aliphatic rings. The summed E-state index contributed by atoms with van der Waals surface area (Å²) in [5.74, 6) is 0.679. The monoisotopic (exact) mass is 225 g/mol. The number of anilines is 1. The lowest BCUT2D eigenvalue weighted by atomic mass is 10.1. The number of hydrogen-bond acceptors (Lipinski definition) is 2. The van der Waals surface area contributed by atoms with Gasteiger partial charge in [-0.1, -0.05) is 13.8 Å². The fraction of sp³-hybridized carbons (Fsp3) is 0.538. The minimum atomic E-state index is -0.323. The van der Waals surface area contributed by atoms with Gasteiger partial charge in [-0.3, -0.25) is 0 Å². The molecule has 0 spiro atoms. The molecule has 0 bridgehead atoms. The number of hydrogen-bond donors (Lipinski definition) is 1. The third-order valence-electron chi connectivity index (χ3n) is 2.44. The van der Waals surface area contributed by atoms with Crippen molar-refractivity contribution in [2.24, 2.45) is 5.92 Å². The van der Waals surface area contributed by atoms with Crippen LogP contribution < -0.4 is 10.1 Å². The highest BCUT2D eigenvalue weighted by Crippen LogP contribution is 2.20. The maximum absolute atomic E-state index is 13.3. The van der Waals surface area contributed by atoms with Crippen LogP contribution in [0.1, 0.15) is 26.7 Å². The van der Waals surface area contributed by atoms with E-state index in [2.05, 4.69) is 19.2 Å². The Balaban J connectivity index is 2.40. The number of methoxy groups -OCH3 is 1. The van der Waals surface area contributed by atoms with Crippen molar-refractivity contribution < 1.29 is 9.13 Å². The lowest BCUT2D eigenvalue weighted by molar-refractivity contribution is 0.386. The molecule has 0 aromatic heterocycles. The number of rotatable bonds is 6. The molecule has 2 nitrogen and oxygen atoms in total. The molecule has 0 heterocycles. The Bertz CT molecular complexity index is 326. The van der Waals surface area contributed by atoms with E-state index in [1.54, 1.807) is 6.07 Å². The number of nitrogens with one attached hydrogen (secondary N) is 1. The zero-order valence-corrected chi connectivity index (χ0v) is 10.2. The van der Waals surface area contributed by atoms with Gasteiger partial charge in [0.25, 0.3) is 0 Å². The second kappa shape index (κ2) is 6.36.